The Kier molecular flexibility index (Phi) is 9.04. The zero-order valence-corrected chi connectivity index (χ0v) is 21.7. The van der Waals surface area contributed by atoms with E-state index >= 15 is 0 Å². The third kappa shape index (κ3) is 6.25. The maximum absolute atomic E-state index is 14.1. The van der Waals surface area contributed by atoms with Crippen molar-refractivity contribution in [1.29, 1.82) is 0 Å². The van der Waals surface area contributed by atoms with Crippen molar-refractivity contribution < 1.29 is 37.8 Å². The number of ether oxygens (including phenoxy) is 1. The number of aliphatic carboxylic acids is 1. The lowest BCUT2D eigenvalue weighted by molar-refractivity contribution is -0.139. The van der Waals surface area contributed by atoms with Gasteiger partial charge in [0.1, 0.15) is 11.7 Å². The summed E-state index contributed by atoms with van der Waals surface area (Å²) in [5.74, 6) is -4.95. The SMILES string of the molecule is COC(=O)C1=C(C(=O)O)NC(=O)N(C(=O)NCCCN2CCC(c3ccccn3)CC2)C1c1ccc(F)c(F)c1. The van der Waals surface area contributed by atoms with Crippen LogP contribution in [0, 0.1) is 11.6 Å². The number of benzene rings is 1. The Balaban J connectivity index is 1.44. The van der Waals surface area contributed by atoms with Crippen LogP contribution in [0.2, 0.25) is 0 Å². The van der Waals surface area contributed by atoms with Gasteiger partial charge in [0.15, 0.2) is 11.6 Å². The molecule has 11 nitrogen and oxygen atoms in total. The number of halogens is 2. The average molecular weight is 558 g/mol. The van der Waals surface area contributed by atoms with Crippen molar-refractivity contribution in [3.05, 3.63) is 76.8 Å². The molecule has 0 saturated carbocycles. The largest absolute Gasteiger partial charge is 0.477 e. The molecule has 2 aliphatic heterocycles. The number of aromatic nitrogens is 1. The number of carboxylic acids is 1. The van der Waals surface area contributed by atoms with Crippen LogP contribution < -0.4 is 10.6 Å². The molecule has 1 saturated heterocycles. The molecule has 0 radical (unpaired) electrons. The summed E-state index contributed by atoms with van der Waals surface area (Å²) in [6, 6.07) is 4.59. The standard InChI is InChI=1S/C27H29F2N5O6/c1-40-25(37)21-22(24(35)36)32-27(39)34(23(21)17-6-7-18(28)19(29)15-17)26(38)31-11-4-12-33-13-8-16(9-14-33)20-5-2-3-10-30-20/h2-3,5-7,10,15-16,23H,4,8-9,11-14H2,1H3,(H,31,38)(H,32,39)(H,35,36). The molecular weight excluding hydrogens is 528 g/mol. The van der Waals surface area contributed by atoms with E-state index in [1.54, 1.807) is 6.20 Å². The van der Waals surface area contributed by atoms with Gasteiger partial charge in [0, 0.05) is 24.4 Å². The average Bonchev–Trinajstić information content (AvgIpc) is 2.96. The Morgan fingerprint density at radius 2 is 1.90 bits per heavy atom. The minimum absolute atomic E-state index is 0.163. The minimum atomic E-state index is -1.69. The molecule has 1 aromatic carbocycles. The normalized spacial score (nSPS) is 18.3. The number of amides is 4. The molecule has 0 bridgehead atoms. The molecule has 4 amide bonds. The van der Waals surface area contributed by atoms with Crippen LogP contribution in [0.3, 0.4) is 0 Å². The summed E-state index contributed by atoms with van der Waals surface area (Å²) in [4.78, 5) is 57.8. The van der Waals surface area contributed by atoms with Crippen LogP contribution in [0.25, 0.3) is 0 Å². The van der Waals surface area contributed by atoms with E-state index in [2.05, 4.69) is 15.2 Å². The van der Waals surface area contributed by atoms with E-state index < -0.39 is 52.9 Å². The second-order valence-electron chi connectivity index (χ2n) is 9.42. The molecule has 0 spiro atoms. The number of esters is 1. The molecule has 13 heteroatoms. The summed E-state index contributed by atoms with van der Waals surface area (Å²) in [5, 5.41) is 14.2. The van der Waals surface area contributed by atoms with Gasteiger partial charge in [-0.05, 0) is 68.7 Å². The van der Waals surface area contributed by atoms with Gasteiger partial charge in [-0.25, -0.2) is 32.9 Å². The number of hydrogen-bond donors (Lipinski definition) is 3. The third-order valence-electron chi connectivity index (χ3n) is 6.97. The first-order chi connectivity index (χ1) is 19.2. The van der Waals surface area contributed by atoms with Crippen molar-refractivity contribution in [2.45, 2.75) is 31.2 Å². The van der Waals surface area contributed by atoms with Gasteiger partial charge in [-0.2, -0.15) is 0 Å². The fraction of sp³-hybridized carbons (Fsp3) is 0.370. The molecule has 1 atom stereocenters. The predicted molar refractivity (Wildman–Crippen MR) is 137 cm³/mol. The second kappa shape index (κ2) is 12.6. The summed E-state index contributed by atoms with van der Waals surface area (Å²) < 4.78 is 32.5. The maximum Gasteiger partial charge on any atom is 0.353 e. The highest BCUT2D eigenvalue weighted by atomic mass is 19.2. The molecular formula is C27H29F2N5O6. The quantitative estimate of drug-likeness (QED) is 0.332. The lowest BCUT2D eigenvalue weighted by Gasteiger charge is -2.36. The van der Waals surface area contributed by atoms with E-state index in [0.29, 0.717) is 29.8 Å². The number of carbonyl (C=O) groups excluding carboxylic acids is 3. The number of likely N-dealkylation sites (tertiary alicyclic amines) is 1. The fourth-order valence-corrected chi connectivity index (χ4v) is 4.97. The van der Waals surface area contributed by atoms with Gasteiger partial charge in [0.2, 0.25) is 0 Å². The van der Waals surface area contributed by atoms with Crippen LogP contribution >= 0.6 is 0 Å². The molecule has 4 rings (SSSR count). The number of piperidine rings is 1. The highest BCUT2D eigenvalue weighted by molar-refractivity contribution is 6.08. The van der Waals surface area contributed by atoms with Crippen LogP contribution in [-0.4, -0.2) is 77.2 Å². The van der Waals surface area contributed by atoms with Gasteiger partial charge in [0.25, 0.3) is 0 Å². The Morgan fingerprint density at radius 3 is 2.52 bits per heavy atom. The number of nitrogens with one attached hydrogen (secondary N) is 2. The van der Waals surface area contributed by atoms with E-state index in [-0.39, 0.29) is 12.1 Å². The third-order valence-corrected chi connectivity index (χ3v) is 6.97. The van der Waals surface area contributed by atoms with Crippen LogP contribution in [0.4, 0.5) is 18.4 Å². The molecule has 2 aromatic rings. The van der Waals surface area contributed by atoms with Crippen molar-refractivity contribution in [2.75, 3.05) is 33.3 Å². The minimum Gasteiger partial charge on any atom is -0.477 e. The van der Waals surface area contributed by atoms with Crippen molar-refractivity contribution in [3.63, 3.8) is 0 Å². The lowest BCUT2D eigenvalue weighted by atomic mass is 9.93. The van der Waals surface area contributed by atoms with Crippen molar-refractivity contribution in [1.82, 2.24) is 25.4 Å². The number of carboxylic acid groups (broad SMARTS) is 1. The molecule has 1 unspecified atom stereocenters. The number of urea groups is 2. The molecule has 0 aliphatic carbocycles. The molecule has 2 aliphatic rings. The van der Waals surface area contributed by atoms with Gasteiger partial charge in [0.05, 0.1) is 12.7 Å². The van der Waals surface area contributed by atoms with Crippen molar-refractivity contribution in [2.24, 2.45) is 0 Å². The molecule has 1 fully saturated rings. The highest BCUT2D eigenvalue weighted by Gasteiger charge is 2.45. The summed E-state index contributed by atoms with van der Waals surface area (Å²) >= 11 is 0. The van der Waals surface area contributed by atoms with E-state index in [4.69, 9.17) is 4.74 Å². The predicted octanol–water partition coefficient (Wildman–Crippen LogP) is 2.92. The Bertz CT molecular complexity index is 1310. The highest BCUT2D eigenvalue weighted by Crippen LogP contribution is 2.35. The van der Waals surface area contributed by atoms with Gasteiger partial charge in [-0.15, -0.1) is 0 Å². The summed E-state index contributed by atoms with van der Waals surface area (Å²) in [6.45, 7) is 2.58. The lowest BCUT2D eigenvalue weighted by Crippen LogP contribution is -2.55. The van der Waals surface area contributed by atoms with E-state index in [1.807, 2.05) is 23.5 Å². The van der Waals surface area contributed by atoms with Crippen molar-refractivity contribution >= 4 is 24.0 Å². The number of rotatable bonds is 8. The van der Waals surface area contributed by atoms with Crippen molar-refractivity contribution in [3.8, 4) is 0 Å². The number of imide groups is 1. The Labute approximate surface area is 228 Å². The number of nitrogens with zero attached hydrogens (tertiary/aromatic N) is 3. The maximum atomic E-state index is 14.1. The van der Waals surface area contributed by atoms with Gasteiger partial charge in [-0.3, -0.25) is 4.98 Å². The first-order valence-electron chi connectivity index (χ1n) is 12.7. The number of pyridine rings is 1. The molecule has 212 valence electrons. The zero-order valence-electron chi connectivity index (χ0n) is 21.7. The Morgan fingerprint density at radius 1 is 1.15 bits per heavy atom. The molecule has 3 heterocycles. The molecule has 40 heavy (non-hydrogen) atoms. The van der Waals surface area contributed by atoms with Crippen LogP contribution in [0.15, 0.2) is 53.9 Å². The fourth-order valence-electron chi connectivity index (χ4n) is 4.97. The van der Waals surface area contributed by atoms with Gasteiger partial charge in [-0.1, -0.05) is 12.1 Å². The van der Waals surface area contributed by atoms with Crippen LogP contribution in [0.5, 0.6) is 0 Å². The Hall–Kier alpha value is -4.39. The smallest absolute Gasteiger partial charge is 0.353 e. The summed E-state index contributed by atoms with van der Waals surface area (Å²) in [6.07, 6.45) is 4.26. The summed E-state index contributed by atoms with van der Waals surface area (Å²) in [5.41, 5.74) is -0.564. The summed E-state index contributed by atoms with van der Waals surface area (Å²) in [7, 11) is 0.983. The number of carbonyl (C=O) groups is 4. The zero-order chi connectivity index (χ0) is 28.8. The first-order valence-corrected chi connectivity index (χ1v) is 12.7. The second-order valence-corrected chi connectivity index (χ2v) is 9.42. The first kappa shape index (κ1) is 28.6. The van der Waals surface area contributed by atoms with E-state index in [1.165, 1.54) is 0 Å². The molecule has 3 N–H and O–H groups in total. The van der Waals surface area contributed by atoms with E-state index in [0.717, 1.165) is 50.9 Å². The van der Waals surface area contributed by atoms with Crippen LogP contribution in [-0.2, 0) is 14.3 Å². The monoisotopic (exact) mass is 557 g/mol. The number of hydrogen-bond acceptors (Lipinski definition) is 7. The van der Waals surface area contributed by atoms with Crippen LogP contribution in [0.1, 0.15) is 42.5 Å². The van der Waals surface area contributed by atoms with Gasteiger partial charge < -0.3 is 25.4 Å². The molecule has 1 aromatic heterocycles. The van der Waals surface area contributed by atoms with Gasteiger partial charge >= 0.3 is 24.0 Å². The van der Waals surface area contributed by atoms with E-state index in [9.17, 15) is 33.1 Å². The number of methoxy groups -OCH3 is 1. The topological polar surface area (TPSA) is 141 Å².